The number of rotatable bonds is 7. The molecule has 0 radical (unpaired) electrons. The fourth-order valence-corrected chi connectivity index (χ4v) is 4.84. The van der Waals surface area contributed by atoms with Crippen molar-refractivity contribution in [3.63, 3.8) is 0 Å². The number of ketones is 1. The molecule has 0 bridgehead atoms. The minimum absolute atomic E-state index is 0.0120. The Morgan fingerprint density at radius 3 is 2.54 bits per heavy atom. The molecule has 0 saturated heterocycles. The van der Waals surface area contributed by atoms with E-state index in [1.54, 1.807) is 73.1 Å². The van der Waals surface area contributed by atoms with E-state index in [4.69, 9.17) is 20.8 Å². The van der Waals surface area contributed by atoms with Gasteiger partial charge in [0.05, 0.1) is 11.6 Å². The number of carbonyl (C=O) groups is 2. The highest BCUT2D eigenvalue weighted by atomic mass is 35.5. The van der Waals surface area contributed by atoms with Crippen molar-refractivity contribution in [1.29, 1.82) is 0 Å². The van der Waals surface area contributed by atoms with Crippen LogP contribution in [-0.4, -0.2) is 21.8 Å². The van der Waals surface area contributed by atoms with E-state index in [2.05, 4.69) is 4.98 Å². The monoisotopic (exact) mass is 536 g/mol. The number of hydrogen-bond donors (Lipinski definition) is 1. The average Bonchev–Trinajstić information content (AvgIpc) is 3.51. The van der Waals surface area contributed by atoms with Crippen LogP contribution in [0.25, 0.3) is 11.0 Å². The summed E-state index contributed by atoms with van der Waals surface area (Å²) in [5, 5.41) is 12.1. The van der Waals surface area contributed by atoms with Crippen molar-refractivity contribution in [2.75, 3.05) is 4.90 Å². The van der Waals surface area contributed by atoms with E-state index in [0.29, 0.717) is 39.6 Å². The lowest BCUT2D eigenvalue weighted by Crippen LogP contribution is -2.31. The Bertz CT molecular complexity index is 1710. The predicted molar refractivity (Wildman–Crippen MR) is 147 cm³/mol. The van der Waals surface area contributed by atoms with Crippen molar-refractivity contribution in [2.24, 2.45) is 0 Å². The third-order valence-corrected chi connectivity index (χ3v) is 6.75. The van der Waals surface area contributed by atoms with Gasteiger partial charge in [-0.25, -0.2) is 0 Å². The number of furan rings is 1. The van der Waals surface area contributed by atoms with Crippen molar-refractivity contribution in [1.82, 2.24) is 4.98 Å². The van der Waals surface area contributed by atoms with Crippen LogP contribution in [-0.2, 0) is 11.4 Å². The van der Waals surface area contributed by atoms with Crippen LogP contribution < -0.4 is 9.64 Å². The number of amides is 1. The van der Waals surface area contributed by atoms with Crippen LogP contribution >= 0.6 is 11.6 Å². The lowest BCUT2D eigenvalue weighted by molar-refractivity contribution is -0.117. The van der Waals surface area contributed by atoms with E-state index in [-0.39, 0.29) is 11.3 Å². The first-order chi connectivity index (χ1) is 19.0. The first-order valence-electron chi connectivity index (χ1n) is 12.2. The first-order valence-corrected chi connectivity index (χ1v) is 12.5. The smallest absolute Gasteiger partial charge is 0.294 e. The van der Waals surface area contributed by atoms with Crippen molar-refractivity contribution in [3.05, 3.63) is 137 Å². The quantitative estimate of drug-likeness (QED) is 0.229. The van der Waals surface area contributed by atoms with Gasteiger partial charge >= 0.3 is 0 Å². The molecule has 1 unspecified atom stereocenters. The van der Waals surface area contributed by atoms with Gasteiger partial charge in [-0.15, -0.1) is 0 Å². The number of carbonyl (C=O) groups excluding carboxylic acids is 2. The van der Waals surface area contributed by atoms with Gasteiger partial charge in [0.1, 0.15) is 17.9 Å². The first kappa shape index (κ1) is 24.5. The Hall–Kier alpha value is -4.88. The van der Waals surface area contributed by atoms with Gasteiger partial charge in [-0.3, -0.25) is 19.5 Å². The van der Waals surface area contributed by atoms with E-state index in [1.165, 1.54) is 4.90 Å². The van der Waals surface area contributed by atoms with Crippen LogP contribution in [0.3, 0.4) is 0 Å². The standard InChI is InChI=1S/C31H21ClN2O5/c32-22-8-13-25-21(15-22)16-26(39-25)29(35)27-28(20-7-4-14-33-17-20)34(31(37)30(27)36)23-9-11-24(12-10-23)38-18-19-5-2-1-3-6-19/h1-17,28,36H,18H2. The zero-order chi connectivity index (χ0) is 26.9. The molecule has 1 N–H and O–H groups in total. The molecule has 3 aromatic carbocycles. The molecule has 39 heavy (non-hydrogen) atoms. The molecule has 2 aromatic heterocycles. The molecule has 0 saturated carbocycles. The molecular weight excluding hydrogens is 516 g/mol. The number of Topliss-reactive ketones (excluding diaryl/α,β-unsaturated/α-hetero) is 1. The third-order valence-electron chi connectivity index (χ3n) is 6.52. The van der Waals surface area contributed by atoms with Crippen LogP contribution in [0.1, 0.15) is 27.7 Å². The Balaban J connectivity index is 1.34. The summed E-state index contributed by atoms with van der Waals surface area (Å²) in [6.07, 6.45) is 3.16. The summed E-state index contributed by atoms with van der Waals surface area (Å²) < 4.78 is 11.6. The molecule has 6 rings (SSSR count). The number of fused-ring (bicyclic) bond motifs is 1. The van der Waals surface area contributed by atoms with E-state index in [1.807, 2.05) is 30.3 Å². The molecule has 5 aromatic rings. The number of anilines is 1. The summed E-state index contributed by atoms with van der Waals surface area (Å²) in [6, 6.07) is 25.8. The maximum atomic E-state index is 13.7. The number of hydrogen-bond acceptors (Lipinski definition) is 6. The second-order valence-corrected chi connectivity index (χ2v) is 9.45. The van der Waals surface area contributed by atoms with E-state index in [9.17, 15) is 14.7 Å². The normalized spacial score (nSPS) is 15.3. The molecule has 1 atom stereocenters. The zero-order valence-electron chi connectivity index (χ0n) is 20.5. The predicted octanol–water partition coefficient (Wildman–Crippen LogP) is 6.84. The minimum atomic E-state index is -0.924. The second-order valence-electron chi connectivity index (χ2n) is 9.02. The van der Waals surface area contributed by atoms with Gasteiger partial charge in [0, 0.05) is 28.5 Å². The fraction of sp³-hybridized carbons (Fsp3) is 0.0645. The van der Waals surface area contributed by atoms with Crippen molar-refractivity contribution >= 4 is 39.9 Å². The van der Waals surface area contributed by atoms with Gasteiger partial charge in [-0.1, -0.05) is 48.0 Å². The van der Waals surface area contributed by atoms with Gasteiger partial charge in [0.25, 0.3) is 5.91 Å². The third kappa shape index (κ3) is 4.64. The van der Waals surface area contributed by atoms with Crippen LogP contribution in [0, 0.1) is 0 Å². The van der Waals surface area contributed by atoms with Crippen molar-refractivity contribution in [2.45, 2.75) is 12.6 Å². The Kier molecular flexibility index (Phi) is 6.34. The summed E-state index contributed by atoms with van der Waals surface area (Å²) in [4.78, 5) is 32.7. The molecule has 192 valence electrons. The van der Waals surface area contributed by atoms with Gasteiger partial charge in [0.15, 0.2) is 11.5 Å². The highest BCUT2D eigenvalue weighted by molar-refractivity contribution is 6.31. The minimum Gasteiger partial charge on any atom is -0.503 e. The molecule has 0 aliphatic carbocycles. The summed E-state index contributed by atoms with van der Waals surface area (Å²) in [5.74, 6) is -1.35. The lowest BCUT2D eigenvalue weighted by Gasteiger charge is -2.26. The summed E-state index contributed by atoms with van der Waals surface area (Å²) >= 11 is 6.09. The fourth-order valence-electron chi connectivity index (χ4n) is 4.66. The van der Waals surface area contributed by atoms with E-state index in [0.717, 1.165) is 5.56 Å². The molecule has 3 heterocycles. The highest BCUT2D eigenvalue weighted by Crippen LogP contribution is 2.42. The lowest BCUT2D eigenvalue weighted by atomic mass is 9.96. The summed E-state index contributed by atoms with van der Waals surface area (Å²) in [7, 11) is 0. The number of halogens is 1. The van der Waals surface area contributed by atoms with Crippen LogP contribution in [0.2, 0.25) is 5.02 Å². The number of pyridine rings is 1. The van der Waals surface area contributed by atoms with Crippen LogP contribution in [0.5, 0.6) is 5.75 Å². The van der Waals surface area contributed by atoms with Gasteiger partial charge in [-0.05, 0) is 65.7 Å². The average molecular weight is 537 g/mol. The Morgan fingerprint density at radius 1 is 1.00 bits per heavy atom. The molecule has 7 nitrogen and oxygen atoms in total. The van der Waals surface area contributed by atoms with Crippen molar-refractivity contribution < 1.29 is 23.8 Å². The van der Waals surface area contributed by atoms with E-state index < -0.39 is 23.5 Å². The second kappa shape index (κ2) is 10.1. The van der Waals surface area contributed by atoms with Gasteiger partial charge in [-0.2, -0.15) is 0 Å². The molecule has 0 fully saturated rings. The summed E-state index contributed by atoms with van der Waals surface area (Å²) in [6.45, 7) is 0.394. The molecule has 1 aliphatic heterocycles. The largest absolute Gasteiger partial charge is 0.503 e. The number of aromatic nitrogens is 1. The van der Waals surface area contributed by atoms with Crippen molar-refractivity contribution in [3.8, 4) is 5.75 Å². The SMILES string of the molecule is O=C(C1=C(O)C(=O)N(c2ccc(OCc3ccccc3)cc2)C1c1cccnc1)c1cc2cc(Cl)ccc2o1. The molecule has 1 amide bonds. The summed E-state index contributed by atoms with van der Waals surface area (Å²) in [5.41, 5.74) is 2.43. The molecule has 8 heteroatoms. The molecular formula is C31H21ClN2O5. The zero-order valence-corrected chi connectivity index (χ0v) is 21.2. The van der Waals surface area contributed by atoms with Gasteiger partial charge in [0.2, 0.25) is 5.78 Å². The number of ether oxygens (including phenoxy) is 1. The molecule has 0 spiro atoms. The van der Waals surface area contributed by atoms with Crippen LogP contribution in [0.4, 0.5) is 5.69 Å². The Morgan fingerprint density at radius 2 is 1.79 bits per heavy atom. The number of aliphatic hydroxyl groups excluding tert-OH is 1. The maximum Gasteiger partial charge on any atom is 0.294 e. The maximum absolute atomic E-state index is 13.7. The van der Waals surface area contributed by atoms with E-state index >= 15 is 0 Å². The van der Waals surface area contributed by atoms with Crippen LogP contribution in [0.15, 0.2) is 119 Å². The number of benzene rings is 3. The van der Waals surface area contributed by atoms with Gasteiger partial charge < -0.3 is 14.3 Å². The highest BCUT2D eigenvalue weighted by Gasteiger charge is 2.45. The topological polar surface area (TPSA) is 92.9 Å². The molecule has 1 aliphatic rings. The number of aliphatic hydroxyl groups is 1. The Labute approximate surface area is 228 Å². The number of nitrogens with zero attached hydrogens (tertiary/aromatic N) is 2.